The van der Waals surface area contributed by atoms with Gasteiger partial charge in [0.15, 0.2) is 10.9 Å². The number of nitrogens with zero attached hydrogens (tertiary/aromatic N) is 1. The van der Waals surface area contributed by atoms with E-state index < -0.39 is 5.91 Å². The Morgan fingerprint density at radius 1 is 1.00 bits per heavy atom. The van der Waals surface area contributed by atoms with Crippen LogP contribution in [0.1, 0.15) is 10.6 Å². The van der Waals surface area contributed by atoms with Crippen LogP contribution in [0.15, 0.2) is 59.0 Å². The Hall–Kier alpha value is -2.58. The molecule has 1 aliphatic rings. The quantitative estimate of drug-likeness (QED) is 0.504. The van der Waals surface area contributed by atoms with Crippen LogP contribution in [-0.4, -0.2) is 37.3 Å². The molecule has 0 saturated carbocycles. The summed E-state index contributed by atoms with van der Waals surface area (Å²) in [6.45, 7) is 2.69. The molecule has 4 rings (SSSR count). The van der Waals surface area contributed by atoms with E-state index in [-0.39, 0.29) is 10.9 Å². The number of ether oxygens (including phenoxy) is 1. The molecular formula is C22H19Cl2N3O3S. The topological polar surface area (TPSA) is 66.7 Å². The van der Waals surface area contributed by atoms with Gasteiger partial charge in [-0.1, -0.05) is 29.3 Å². The highest BCUT2D eigenvalue weighted by atomic mass is 35.5. The molecule has 0 spiro atoms. The Kier molecular flexibility index (Phi) is 6.77. The van der Waals surface area contributed by atoms with E-state index in [0.717, 1.165) is 24.3 Å². The molecule has 9 heteroatoms. The van der Waals surface area contributed by atoms with E-state index in [1.54, 1.807) is 24.3 Å². The summed E-state index contributed by atoms with van der Waals surface area (Å²) in [4.78, 5) is 14.7. The molecule has 1 fully saturated rings. The summed E-state index contributed by atoms with van der Waals surface area (Å²) in [5.41, 5.74) is 2.35. The highest BCUT2D eigenvalue weighted by molar-refractivity contribution is 7.80. The maximum absolute atomic E-state index is 12.6. The summed E-state index contributed by atoms with van der Waals surface area (Å²) in [7, 11) is 0. The first-order valence-corrected chi connectivity index (χ1v) is 10.8. The van der Waals surface area contributed by atoms with E-state index >= 15 is 0 Å². The number of carbonyl (C=O) groups is 1. The lowest BCUT2D eigenvalue weighted by Gasteiger charge is -2.31. The van der Waals surface area contributed by atoms with E-state index in [1.165, 1.54) is 0 Å². The Bertz CT molecular complexity index is 1100. The van der Waals surface area contributed by atoms with Crippen molar-refractivity contribution in [1.29, 1.82) is 0 Å². The third-order valence-electron chi connectivity index (χ3n) is 4.75. The molecule has 2 aromatic carbocycles. The van der Waals surface area contributed by atoms with Gasteiger partial charge in [0.2, 0.25) is 0 Å². The average molecular weight is 476 g/mol. The summed E-state index contributed by atoms with van der Waals surface area (Å²) in [6, 6.07) is 16.0. The average Bonchev–Trinajstić information content (AvgIpc) is 3.25. The Morgan fingerprint density at radius 3 is 2.48 bits per heavy atom. The minimum atomic E-state index is -0.451. The number of rotatable bonds is 4. The van der Waals surface area contributed by atoms with Crippen LogP contribution in [0.3, 0.4) is 0 Å². The minimum Gasteiger partial charge on any atom is -0.451 e. The van der Waals surface area contributed by atoms with Crippen molar-refractivity contribution in [2.45, 2.75) is 0 Å². The van der Waals surface area contributed by atoms with Crippen LogP contribution in [0.5, 0.6) is 0 Å². The number of thiocarbonyl (C=S) groups is 1. The number of carbonyl (C=O) groups excluding carboxylic acids is 1. The van der Waals surface area contributed by atoms with Gasteiger partial charge in [-0.05, 0) is 60.7 Å². The SMILES string of the molecule is O=C(NC(=S)Nc1cccc(Cl)c1N1CCOCC1)c1ccc(-c2ccc(Cl)cc2)o1. The number of benzene rings is 2. The fraction of sp³-hybridized carbons (Fsp3) is 0.182. The molecular weight excluding hydrogens is 457 g/mol. The third kappa shape index (κ3) is 5.19. The zero-order valence-electron chi connectivity index (χ0n) is 16.4. The van der Waals surface area contributed by atoms with Gasteiger partial charge in [0.05, 0.1) is 29.6 Å². The summed E-state index contributed by atoms with van der Waals surface area (Å²) in [5.74, 6) is 0.256. The molecule has 2 heterocycles. The number of morpholine rings is 1. The second-order valence-corrected chi connectivity index (χ2v) is 8.07. The van der Waals surface area contributed by atoms with Crippen LogP contribution in [0, 0.1) is 0 Å². The fourth-order valence-corrected chi connectivity index (χ4v) is 3.89. The molecule has 0 unspecified atom stereocenters. The molecule has 3 aromatic rings. The third-order valence-corrected chi connectivity index (χ3v) is 5.51. The summed E-state index contributed by atoms with van der Waals surface area (Å²) < 4.78 is 11.1. The largest absolute Gasteiger partial charge is 0.451 e. The van der Waals surface area contributed by atoms with Crippen molar-refractivity contribution in [2.24, 2.45) is 0 Å². The molecule has 1 amide bonds. The molecule has 0 aliphatic carbocycles. The van der Waals surface area contributed by atoms with Crippen molar-refractivity contribution >= 4 is 57.8 Å². The van der Waals surface area contributed by atoms with Crippen LogP contribution in [0.4, 0.5) is 11.4 Å². The van der Waals surface area contributed by atoms with Gasteiger partial charge in [-0.2, -0.15) is 0 Å². The standard InChI is InChI=1S/C22H19Cl2N3O3S/c23-15-6-4-14(5-7-15)18-8-9-19(30-18)21(28)26-22(31)25-17-3-1-2-16(24)20(17)27-10-12-29-13-11-27/h1-9H,10-13H2,(H2,25,26,28,31). The van der Waals surface area contributed by atoms with Gasteiger partial charge in [0.1, 0.15) is 5.76 Å². The van der Waals surface area contributed by atoms with Crippen LogP contribution in [0.25, 0.3) is 11.3 Å². The number of anilines is 2. The van der Waals surface area contributed by atoms with Crippen molar-refractivity contribution in [2.75, 3.05) is 36.5 Å². The van der Waals surface area contributed by atoms with Gasteiger partial charge >= 0.3 is 0 Å². The van der Waals surface area contributed by atoms with E-state index in [9.17, 15) is 4.79 Å². The van der Waals surface area contributed by atoms with Gasteiger partial charge in [-0.25, -0.2) is 0 Å². The molecule has 0 bridgehead atoms. The van der Waals surface area contributed by atoms with Gasteiger partial charge < -0.3 is 19.4 Å². The zero-order valence-corrected chi connectivity index (χ0v) is 18.7. The molecule has 6 nitrogen and oxygen atoms in total. The molecule has 31 heavy (non-hydrogen) atoms. The Labute approximate surface area is 195 Å². The zero-order chi connectivity index (χ0) is 21.8. The second-order valence-electron chi connectivity index (χ2n) is 6.81. The first-order chi connectivity index (χ1) is 15.0. The smallest absolute Gasteiger partial charge is 0.293 e. The fourth-order valence-electron chi connectivity index (χ4n) is 3.27. The first kappa shape index (κ1) is 21.6. The normalized spacial score (nSPS) is 13.7. The molecule has 1 saturated heterocycles. The summed E-state index contributed by atoms with van der Waals surface area (Å²) in [6.07, 6.45) is 0. The lowest BCUT2D eigenvalue weighted by Crippen LogP contribution is -2.38. The number of halogens is 2. The van der Waals surface area contributed by atoms with Crippen LogP contribution in [0.2, 0.25) is 10.0 Å². The maximum Gasteiger partial charge on any atom is 0.293 e. The molecule has 1 aliphatic heterocycles. The second kappa shape index (κ2) is 9.70. The summed E-state index contributed by atoms with van der Waals surface area (Å²) in [5, 5.41) is 7.09. The van der Waals surface area contributed by atoms with Gasteiger partial charge in [-0.3, -0.25) is 10.1 Å². The number of para-hydroxylation sites is 1. The molecule has 0 atom stereocenters. The Morgan fingerprint density at radius 2 is 1.74 bits per heavy atom. The highest BCUT2D eigenvalue weighted by Crippen LogP contribution is 2.34. The van der Waals surface area contributed by atoms with Crippen molar-refractivity contribution in [1.82, 2.24) is 5.32 Å². The van der Waals surface area contributed by atoms with E-state index in [2.05, 4.69) is 15.5 Å². The van der Waals surface area contributed by atoms with Crippen LogP contribution in [-0.2, 0) is 4.74 Å². The minimum absolute atomic E-state index is 0.145. The number of hydrogen-bond donors (Lipinski definition) is 2. The van der Waals surface area contributed by atoms with Crippen molar-refractivity contribution in [3.05, 3.63) is 70.4 Å². The summed E-state index contributed by atoms with van der Waals surface area (Å²) >= 11 is 17.7. The predicted molar refractivity (Wildman–Crippen MR) is 127 cm³/mol. The molecule has 160 valence electrons. The van der Waals surface area contributed by atoms with Crippen LogP contribution < -0.4 is 15.5 Å². The number of furan rings is 1. The van der Waals surface area contributed by atoms with Crippen LogP contribution >= 0.6 is 35.4 Å². The monoisotopic (exact) mass is 475 g/mol. The number of hydrogen-bond acceptors (Lipinski definition) is 5. The van der Waals surface area contributed by atoms with Gasteiger partial charge in [0.25, 0.3) is 5.91 Å². The van der Waals surface area contributed by atoms with Gasteiger partial charge in [-0.15, -0.1) is 0 Å². The highest BCUT2D eigenvalue weighted by Gasteiger charge is 2.19. The van der Waals surface area contributed by atoms with E-state index in [4.69, 9.17) is 44.6 Å². The van der Waals surface area contributed by atoms with Crippen molar-refractivity contribution in [3.8, 4) is 11.3 Å². The van der Waals surface area contributed by atoms with Crippen molar-refractivity contribution in [3.63, 3.8) is 0 Å². The molecule has 2 N–H and O–H groups in total. The predicted octanol–water partition coefficient (Wildman–Crippen LogP) is 5.22. The first-order valence-electron chi connectivity index (χ1n) is 9.60. The van der Waals surface area contributed by atoms with E-state index in [0.29, 0.717) is 34.7 Å². The van der Waals surface area contributed by atoms with Gasteiger partial charge in [0, 0.05) is 23.7 Å². The maximum atomic E-state index is 12.6. The molecule has 1 aromatic heterocycles. The number of nitrogens with one attached hydrogen (secondary N) is 2. The van der Waals surface area contributed by atoms with Crippen molar-refractivity contribution < 1.29 is 13.9 Å². The number of amides is 1. The Balaban J connectivity index is 1.44. The van der Waals surface area contributed by atoms with E-state index in [1.807, 2.05) is 30.3 Å². The lowest BCUT2D eigenvalue weighted by molar-refractivity contribution is 0.0951. The molecule has 0 radical (unpaired) electrons. The lowest BCUT2D eigenvalue weighted by atomic mass is 10.2.